The Morgan fingerprint density at radius 2 is 2.08 bits per heavy atom. The van der Waals surface area contributed by atoms with Gasteiger partial charge in [0, 0.05) is 12.2 Å². The van der Waals surface area contributed by atoms with E-state index in [0.29, 0.717) is 22.4 Å². The molecule has 0 aliphatic heterocycles. The summed E-state index contributed by atoms with van der Waals surface area (Å²) in [5.74, 6) is 0.173. The second kappa shape index (κ2) is 8.81. The lowest BCUT2D eigenvalue weighted by atomic mass is 9.97. The second-order valence-electron chi connectivity index (χ2n) is 6.44. The van der Waals surface area contributed by atoms with Crippen molar-refractivity contribution in [2.45, 2.75) is 39.0 Å². The van der Waals surface area contributed by atoms with E-state index in [1.807, 2.05) is 19.1 Å². The fraction of sp³-hybridized carbons (Fsp3) is 0.350. The largest absolute Gasteiger partial charge is 0.354 e. The summed E-state index contributed by atoms with van der Waals surface area (Å²) < 4.78 is 0. The monoisotopic (exact) mass is 370 g/mol. The van der Waals surface area contributed by atoms with E-state index in [0.717, 1.165) is 18.7 Å². The number of para-hydroxylation sites is 1. The van der Waals surface area contributed by atoms with Gasteiger partial charge >= 0.3 is 0 Å². The van der Waals surface area contributed by atoms with Crippen LogP contribution in [0, 0.1) is 6.92 Å². The molecule has 2 aromatic rings. The van der Waals surface area contributed by atoms with Gasteiger partial charge in [0.2, 0.25) is 5.95 Å². The molecular formula is C20H23ClN4O. The number of aryl methyl sites for hydroxylation is 1. The summed E-state index contributed by atoms with van der Waals surface area (Å²) in [6.07, 6.45) is 8.26. The van der Waals surface area contributed by atoms with E-state index in [1.165, 1.54) is 31.3 Å². The zero-order valence-electron chi connectivity index (χ0n) is 14.9. The maximum absolute atomic E-state index is 12.5. The van der Waals surface area contributed by atoms with Crippen molar-refractivity contribution in [3.63, 3.8) is 0 Å². The standard InChI is InChI=1S/C20H23ClN4O/c1-14-13-18(19(26)24-17-10-6-5-9-16(17)21)25-20(23-14)22-12-11-15-7-3-2-4-8-15/h5-7,9-10,13H,2-4,8,11-12H2,1H3,(H,24,26)(H,22,23,25). The summed E-state index contributed by atoms with van der Waals surface area (Å²) in [6.45, 7) is 2.61. The van der Waals surface area contributed by atoms with Crippen LogP contribution >= 0.6 is 11.6 Å². The van der Waals surface area contributed by atoms with Gasteiger partial charge in [-0.05, 0) is 57.2 Å². The topological polar surface area (TPSA) is 66.9 Å². The van der Waals surface area contributed by atoms with Crippen LogP contribution in [-0.4, -0.2) is 22.4 Å². The Labute approximate surface area is 158 Å². The molecule has 1 aromatic carbocycles. The molecule has 3 rings (SSSR count). The van der Waals surface area contributed by atoms with E-state index in [4.69, 9.17) is 11.6 Å². The molecule has 1 amide bonds. The Morgan fingerprint density at radius 1 is 1.23 bits per heavy atom. The minimum Gasteiger partial charge on any atom is -0.354 e. The summed E-state index contributed by atoms with van der Waals surface area (Å²) >= 11 is 6.10. The molecule has 0 spiro atoms. The van der Waals surface area contributed by atoms with Crippen molar-refractivity contribution in [2.24, 2.45) is 0 Å². The van der Waals surface area contributed by atoms with Crippen molar-refractivity contribution < 1.29 is 4.79 Å². The first kappa shape index (κ1) is 18.4. The van der Waals surface area contributed by atoms with Gasteiger partial charge in [0.05, 0.1) is 10.7 Å². The van der Waals surface area contributed by atoms with E-state index >= 15 is 0 Å². The highest BCUT2D eigenvalue weighted by molar-refractivity contribution is 6.33. The molecule has 1 aromatic heterocycles. The Bertz CT molecular complexity index is 819. The van der Waals surface area contributed by atoms with Crippen LogP contribution < -0.4 is 10.6 Å². The zero-order chi connectivity index (χ0) is 18.4. The van der Waals surface area contributed by atoms with Crippen LogP contribution in [0.4, 0.5) is 11.6 Å². The maximum Gasteiger partial charge on any atom is 0.274 e. The molecule has 5 nitrogen and oxygen atoms in total. The van der Waals surface area contributed by atoms with Gasteiger partial charge in [0.15, 0.2) is 0 Å². The number of nitrogens with one attached hydrogen (secondary N) is 2. The van der Waals surface area contributed by atoms with Gasteiger partial charge in [-0.3, -0.25) is 4.79 Å². The van der Waals surface area contributed by atoms with Crippen molar-refractivity contribution in [1.82, 2.24) is 9.97 Å². The Balaban J connectivity index is 1.64. The molecule has 0 saturated heterocycles. The van der Waals surface area contributed by atoms with Crippen LogP contribution in [0.25, 0.3) is 0 Å². The summed E-state index contributed by atoms with van der Waals surface area (Å²) in [6, 6.07) is 8.79. The first-order chi connectivity index (χ1) is 12.6. The van der Waals surface area contributed by atoms with E-state index in [1.54, 1.807) is 18.2 Å². The first-order valence-corrected chi connectivity index (χ1v) is 9.33. The minimum atomic E-state index is -0.304. The van der Waals surface area contributed by atoms with Gasteiger partial charge in [-0.1, -0.05) is 35.4 Å². The molecular weight excluding hydrogens is 348 g/mol. The summed E-state index contributed by atoms with van der Waals surface area (Å²) in [7, 11) is 0. The summed E-state index contributed by atoms with van der Waals surface area (Å²) in [5, 5.41) is 6.52. The zero-order valence-corrected chi connectivity index (χ0v) is 15.6. The predicted molar refractivity (Wildman–Crippen MR) is 106 cm³/mol. The van der Waals surface area contributed by atoms with Gasteiger partial charge in [0.25, 0.3) is 5.91 Å². The van der Waals surface area contributed by atoms with Crippen molar-refractivity contribution in [3.05, 3.63) is 58.4 Å². The van der Waals surface area contributed by atoms with Gasteiger partial charge in [-0.2, -0.15) is 0 Å². The molecule has 1 aliphatic rings. The number of benzene rings is 1. The van der Waals surface area contributed by atoms with Crippen LogP contribution in [0.1, 0.15) is 48.3 Å². The van der Waals surface area contributed by atoms with Gasteiger partial charge < -0.3 is 10.6 Å². The molecule has 26 heavy (non-hydrogen) atoms. The molecule has 1 aliphatic carbocycles. The van der Waals surface area contributed by atoms with Crippen LogP contribution in [-0.2, 0) is 0 Å². The number of nitrogens with zero attached hydrogens (tertiary/aromatic N) is 2. The third-order valence-electron chi connectivity index (χ3n) is 4.32. The molecule has 6 heteroatoms. The van der Waals surface area contributed by atoms with Crippen molar-refractivity contribution in [1.29, 1.82) is 0 Å². The third kappa shape index (κ3) is 5.05. The molecule has 2 N–H and O–H groups in total. The fourth-order valence-corrected chi connectivity index (χ4v) is 3.16. The molecule has 0 unspecified atom stereocenters. The molecule has 0 atom stereocenters. The molecule has 0 bridgehead atoms. The lowest BCUT2D eigenvalue weighted by molar-refractivity contribution is 0.102. The lowest BCUT2D eigenvalue weighted by Gasteiger charge is -2.13. The normalized spacial score (nSPS) is 13.8. The number of hydrogen-bond donors (Lipinski definition) is 2. The number of aromatic nitrogens is 2. The molecule has 0 radical (unpaired) electrons. The Hall–Kier alpha value is -2.40. The second-order valence-corrected chi connectivity index (χ2v) is 6.84. The van der Waals surface area contributed by atoms with Crippen LogP contribution in [0.2, 0.25) is 5.02 Å². The molecule has 136 valence electrons. The highest BCUT2D eigenvalue weighted by atomic mass is 35.5. The highest BCUT2D eigenvalue weighted by Gasteiger charge is 2.12. The number of halogens is 1. The average Bonchev–Trinajstić information content (AvgIpc) is 2.64. The fourth-order valence-electron chi connectivity index (χ4n) is 2.98. The van der Waals surface area contributed by atoms with E-state index in [-0.39, 0.29) is 5.91 Å². The number of amides is 1. The van der Waals surface area contributed by atoms with Crippen LogP contribution in [0.3, 0.4) is 0 Å². The Kier molecular flexibility index (Phi) is 6.23. The quantitative estimate of drug-likeness (QED) is 0.702. The Morgan fingerprint density at radius 3 is 2.85 bits per heavy atom. The number of carbonyl (C=O) groups excluding carboxylic acids is 1. The maximum atomic E-state index is 12.5. The van der Waals surface area contributed by atoms with Crippen molar-refractivity contribution >= 4 is 29.1 Å². The minimum absolute atomic E-state index is 0.304. The van der Waals surface area contributed by atoms with Crippen molar-refractivity contribution in [2.75, 3.05) is 17.2 Å². The van der Waals surface area contributed by atoms with Gasteiger partial charge in [-0.25, -0.2) is 9.97 Å². The van der Waals surface area contributed by atoms with E-state index < -0.39 is 0 Å². The highest BCUT2D eigenvalue weighted by Crippen LogP contribution is 2.22. The van der Waals surface area contributed by atoms with E-state index in [2.05, 4.69) is 26.7 Å². The van der Waals surface area contributed by atoms with Gasteiger partial charge in [-0.15, -0.1) is 0 Å². The third-order valence-corrected chi connectivity index (χ3v) is 4.65. The number of carbonyl (C=O) groups is 1. The van der Waals surface area contributed by atoms with Gasteiger partial charge in [0.1, 0.15) is 5.69 Å². The number of allylic oxidation sites excluding steroid dienone is 1. The van der Waals surface area contributed by atoms with Crippen LogP contribution in [0.5, 0.6) is 0 Å². The number of hydrogen-bond acceptors (Lipinski definition) is 4. The number of rotatable bonds is 6. The molecule has 1 heterocycles. The predicted octanol–water partition coefficient (Wildman–Crippen LogP) is 4.99. The SMILES string of the molecule is Cc1cc(C(=O)Nc2ccccc2Cl)nc(NCCC2=CCCCC2)n1. The summed E-state index contributed by atoms with van der Waals surface area (Å²) in [4.78, 5) is 21.2. The van der Waals surface area contributed by atoms with Crippen LogP contribution in [0.15, 0.2) is 42.0 Å². The molecule has 0 saturated carbocycles. The molecule has 0 fully saturated rings. The number of anilines is 2. The summed E-state index contributed by atoms with van der Waals surface area (Å²) in [5.41, 5.74) is 3.11. The lowest BCUT2D eigenvalue weighted by Crippen LogP contribution is -2.16. The van der Waals surface area contributed by atoms with E-state index in [9.17, 15) is 4.79 Å². The van der Waals surface area contributed by atoms with Crippen molar-refractivity contribution in [3.8, 4) is 0 Å². The average molecular weight is 371 g/mol. The first-order valence-electron chi connectivity index (χ1n) is 8.95. The smallest absolute Gasteiger partial charge is 0.274 e.